The van der Waals surface area contributed by atoms with Crippen LogP contribution >= 0.6 is 0 Å². The van der Waals surface area contributed by atoms with Gasteiger partial charge in [-0.25, -0.2) is 0 Å². The molecular weight excluding hydrogens is 174 g/mol. The van der Waals surface area contributed by atoms with Gasteiger partial charge in [0.05, 0.1) is 5.60 Å². The first-order valence-electron chi connectivity index (χ1n) is 5.77. The molecule has 2 unspecified atom stereocenters. The SMILES string of the molecule is CC(C1CC1)N(C)CC(C)(O)C(C)C. The van der Waals surface area contributed by atoms with Gasteiger partial charge in [0, 0.05) is 12.6 Å². The van der Waals surface area contributed by atoms with Gasteiger partial charge in [0.1, 0.15) is 0 Å². The van der Waals surface area contributed by atoms with Crippen LogP contribution in [0.3, 0.4) is 0 Å². The van der Waals surface area contributed by atoms with Crippen LogP contribution < -0.4 is 0 Å². The molecule has 1 N–H and O–H groups in total. The predicted molar refractivity (Wildman–Crippen MR) is 60.3 cm³/mol. The van der Waals surface area contributed by atoms with Crippen LogP contribution in [0.1, 0.15) is 40.5 Å². The zero-order valence-corrected chi connectivity index (χ0v) is 10.2. The predicted octanol–water partition coefficient (Wildman–Crippen LogP) is 2.12. The molecular formula is C12H25NO. The van der Waals surface area contributed by atoms with E-state index in [0.717, 1.165) is 12.5 Å². The van der Waals surface area contributed by atoms with Crippen molar-refractivity contribution in [3.8, 4) is 0 Å². The summed E-state index contributed by atoms with van der Waals surface area (Å²) in [6.45, 7) is 9.15. The molecule has 0 radical (unpaired) electrons. The monoisotopic (exact) mass is 199 g/mol. The van der Waals surface area contributed by atoms with Crippen molar-refractivity contribution in [2.24, 2.45) is 11.8 Å². The van der Waals surface area contributed by atoms with Crippen molar-refractivity contribution in [2.75, 3.05) is 13.6 Å². The van der Waals surface area contributed by atoms with Crippen molar-refractivity contribution in [3.63, 3.8) is 0 Å². The topological polar surface area (TPSA) is 23.5 Å². The van der Waals surface area contributed by atoms with Gasteiger partial charge in [0.2, 0.25) is 0 Å². The third kappa shape index (κ3) is 2.96. The van der Waals surface area contributed by atoms with E-state index in [1.807, 2.05) is 6.92 Å². The number of likely N-dealkylation sites (N-methyl/N-ethyl adjacent to an activating group) is 1. The zero-order valence-electron chi connectivity index (χ0n) is 10.2. The fraction of sp³-hybridized carbons (Fsp3) is 1.00. The Kier molecular flexibility index (Phi) is 3.59. The maximum atomic E-state index is 10.2. The van der Waals surface area contributed by atoms with E-state index < -0.39 is 5.60 Å². The van der Waals surface area contributed by atoms with Gasteiger partial charge in [-0.15, -0.1) is 0 Å². The summed E-state index contributed by atoms with van der Waals surface area (Å²) in [6.07, 6.45) is 2.74. The molecule has 2 heteroatoms. The van der Waals surface area contributed by atoms with Gasteiger partial charge in [-0.3, -0.25) is 0 Å². The molecule has 1 saturated carbocycles. The maximum Gasteiger partial charge on any atom is 0.0768 e. The van der Waals surface area contributed by atoms with E-state index in [1.165, 1.54) is 12.8 Å². The highest BCUT2D eigenvalue weighted by Crippen LogP contribution is 2.35. The largest absolute Gasteiger partial charge is 0.389 e. The lowest BCUT2D eigenvalue weighted by Crippen LogP contribution is -2.46. The van der Waals surface area contributed by atoms with Gasteiger partial charge in [-0.2, -0.15) is 0 Å². The Labute approximate surface area is 88.3 Å². The molecule has 1 aliphatic rings. The third-order valence-electron chi connectivity index (χ3n) is 3.81. The molecule has 0 aromatic heterocycles. The van der Waals surface area contributed by atoms with Crippen LogP contribution in [0.4, 0.5) is 0 Å². The minimum atomic E-state index is -0.558. The van der Waals surface area contributed by atoms with Crippen LogP contribution in [0.15, 0.2) is 0 Å². The molecule has 14 heavy (non-hydrogen) atoms. The quantitative estimate of drug-likeness (QED) is 0.733. The van der Waals surface area contributed by atoms with Crippen LogP contribution in [0.25, 0.3) is 0 Å². The first-order valence-corrected chi connectivity index (χ1v) is 5.77. The molecule has 1 rings (SSSR count). The maximum absolute atomic E-state index is 10.2. The van der Waals surface area contributed by atoms with E-state index >= 15 is 0 Å². The van der Waals surface area contributed by atoms with Crippen molar-refractivity contribution in [3.05, 3.63) is 0 Å². The molecule has 2 atom stereocenters. The smallest absolute Gasteiger partial charge is 0.0768 e. The number of aliphatic hydroxyl groups is 1. The number of hydrogen-bond donors (Lipinski definition) is 1. The number of nitrogens with zero attached hydrogens (tertiary/aromatic N) is 1. The summed E-state index contributed by atoms with van der Waals surface area (Å²) in [5, 5.41) is 10.2. The van der Waals surface area contributed by atoms with Crippen molar-refractivity contribution in [1.29, 1.82) is 0 Å². The summed E-state index contributed by atoms with van der Waals surface area (Å²) in [4.78, 5) is 2.30. The molecule has 0 aromatic carbocycles. The second-order valence-electron chi connectivity index (χ2n) is 5.51. The molecule has 0 bridgehead atoms. The fourth-order valence-corrected chi connectivity index (χ4v) is 1.77. The highest BCUT2D eigenvalue weighted by molar-refractivity contribution is 4.88. The summed E-state index contributed by atoms with van der Waals surface area (Å²) >= 11 is 0. The second kappa shape index (κ2) is 4.19. The first-order chi connectivity index (χ1) is 6.34. The lowest BCUT2D eigenvalue weighted by molar-refractivity contribution is -0.0223. The molecule has 84 valence electrons. The van der Waals surface area contributed by atoms with Gasteiger partial charge in [0.25, 0.3) is 0 Å². The normalized spacial score (nSPS) is 24.0. The minimum Gasteiger partial charge on any atom is -0.389 e. The van der Waals surface area contributed by atoms with Crippen LogP contribution in [-0.4, -0.2) is 35.2 Å². The number of hydrogen-bond acceptors (Lipinski definition) is 2. The Balaban J connectivity index is 2.41. The first kappa shape index (κ1) is 12.0. The molecule has 1 aliphatic carbocycles. The zero-order chi connectivity index (χ0) is 10.9. The van der Waals surface area contributed by atoms with Crippen LogP contribution in [-0.2, 0) is 0 Å². The Morgan fingerprint density at radius 3 is 2.21 bits per heavy atom. The fourth-order valence-electron chi connectivity index (χ4n) is 1.77. The molecule has 0 aromatic rings. The Hall–Kier alpha value is -0.0800. The van der Waals surface area contributed by atoms with Gasteiger partial charge in [-0.1, -0.05) is 13.8 Å². The standard InChI is InChI=1S/C12H25NO/c1-9(2)12(4,14)8-13(5)10(3)11-6-7-11/h9-11,14H,6-8H2,1-5H3. The van der Waals surface area contributed by atoms with Crippen molar-refractivity contribution < 1.29 is 5.11 Å². The van der Waals surface area contributed by atoms with Gasteiger partial charge < -0.3 is 10.0 Å². The lowest BCUT2D eigenvalue weighted by atomic mass is 9.91. The third-order valence-corrected chi connectivity index (χ3v) is 3.81. The van der Waals surface area contributed by atoms with Crippen molar-refractivity contribution >= 4 is 0 Å². The summed E-state index contributed by atoms with van der Waals surface area (Å²) in [5.41, 5.74) is -0.558. The molecule has 0 heterocycles. The average molecular weight is 199 g/mol. The Morgan fingerprint density at radius 2 is 1.86 bits per heavy atom. The van der Waals surface area contributed by atoms with E-state index in [-0.39, 0.29) is 0 Å². The van der Waals surface area contributed by atoms with E-state index in [1.54, 1.807) is 0 Å². The molecule has 0 amide bonds. The Morgan fingerprint density at radius 1 is 1.36 bits per heavy atom. The highest BCUT2D eigenvalue weighted by atomic mass is 16.3. The van der Waals surface area contributed by atoms with Gasteiger partial charge >= 0.3 is 0 Å². The molecule has 0 spiro atoms. The molecule has 2 nitrogen and oxygen atoms in total. The summed E-state index contributed by atoms with van der Waals surface area (Å²) in [7, 11) is 2.12. The van der Waals surface area contributed by atoms with Crippen molar-refractivity contribution in [1.82, 2.24) is 4.90 Å². The van der Waals surface area contributed by atoms with E-state index in [4.69, 9.17) is 0 Å². The average Bonchev–Trinajstić information content (AvgIpc) is 2.84. The molecule has 0 aliphatic heterocycles. The van der Waals surface area contributed by atoms with Crippen molar-refractivity contribution in [2.45, 2.75) is 52.2 Å². The van der Waals surface area contributed by atoms with Crippen LogP contribution in [0.2, 0.25) is 0 Å². The second-order valence-corrected chi connectivity index (χ2v) is 5.51. The molecule has 1 fully saturated rings. The number of rotatable bonds is 5. The minimum absolute atomic E-state index is 0.316. The van der Waals surface area contributed by atoms with E-state index in [2.05, 4.69) is 32.7 Å². The molecule has 0 saturated heterocycles. The summed E-state index contributed by atoms with van der Waals surface area (Å²) < 4.78 is 0. The van der Waals surface area contributed by atoms with Gasteiger partial charge in [0.15, 0.2) is 0 Å². The highest BCUT2D eigenvalue weighted by Gasteiger charge is 2.34. The summed E-state index contributed by atoms with van der Waals surface area (Å²) in [5.74, 6) is 1.19. The van der Waals surface area contributed by atoms with Crippen LogP contribution in [0, 0.1) is 11.8 Å². The van der Waals surface area contributed by atoms with E-state index in [9.17, 15) is 5.11 Å². The Bertz CT molecular complexity index is 185. The van der Waals surface area contributed by atoms with Crippen LogP contribution in [0.5, 0.6) is 0 Å². The summed E-state index contributed by atoms with van der Waals surface area (Å²) in [6, 6.07) is 0.625. The van der Waals surface area contributed by atoms with E-state index in [0.29, 0.717) is 12.0 Å². The van der Waals surface area contributed by atoms with Gasteiger partial charge in [-0.05, 0) is 45.6 Å². The lowest BCUT2D eigenvalue weighted by Gasteiger charge is -2.35.